The van der Waals surface area contributed by atoms with Crippen LogP contribution in [0.25, 0.3) is 0 Å². The molecule has 1 unspecified atom stereocenters. The standard InChI is InChI=1S/C10H14ClN3O/c1-10(7-15)2-5-14(6-10)9-8(11)12-3-4-13-9/h3-4,15H,2,5-7H2,1H3. The molecule has 0 amide bonds. The molecular formula is C10H14ClN3O. The molecule has 0 aliphatic carbocycles. The van der Waals surface area contributed by atoms with Crippen molar-refractivity contribution in [3.63, 3.8) is 0 Å². The zero-order chi connectivity index (χ0) is 10.9. The van der Waals surface area contributed by atoms with E-state index in [4.69, 9.17) is 11.6 Å². The first-order valence-electron chi connectivity index (χ1n) is 4.97. The van der Waals surface area contributed by atoms with Crippen LogP contribution in [0.1, 0.15) is 13.3 Å². The summed E-state index contributed by atoms with van der Waals surface area (Å²) in [7, 11) is 0. The summed E-state index contributed by atoms with van der Waals surface area (Å²) in [6.07, 6.45) is 4.17. The Morgan fingerprint density at radius 3 is 2.87 bits per heavy atom. The Balaban J connectivity index is 2.18. The molecule has 1 fully saturated rings. The van der Waals surface area contributed by atoms with Crippen molar-refractivity contribution in [1.29, 1.82) is 0 Å². The molecule has 5 heteroatoms. The van der Waals surface area contributed by atoms with Gasteiger partial charge in [-0.2, -0.15) is 0 Å². The summed E-state index contributed by atoms with van der Waals surface area (Å²) >= 11 is 5.96. The first-order valence-corrected chi connectivity index (χ1v) is 5.35. The third-order valence-corrected chi connectivity index (χ3v) is 3.14. The normalized spacial score (nSPS) is 25.9. The summed E-state index contributed by atoms with van der Waals surface area (Å²) in [5.74, 6) is 0.719. The van der Waals surface area contributed by atoms with E-state index >= 15 is 0 Å². The van der Waals surface area contributed by atoms with Crippen LogP contribution in [0.4, 0.5) is 5.82 Å². The smallest absolute Gasteiger partial charge is 0.171 e. The molecule has 0 aromatic carbocycles. The fraction of sp³-hybridized carbons (Fsp3) is 0.600. The van der Waals surface area contributed by atoms with Crippen molar-refractivity contribution in [1.82, 2.24) is 9.97 Å². The van der Waals surface area contributed by atoms with Crippen molar-refractivity contribution in [3.05, 3.63) is 17.5 Å². The zero-order valence-electron chi connectivity index (χ0n) is 8.65. The van der Waals surface area contributed by atoms with Gasteiger partial charge < -0.3 is 10.0 Å². The number of aromatic nitrogens is 2. The number of aliphatic hydroxyl groups is 1. The number of anilines is 1. The third kappa shape index (κ3) is 2.06. The highest BCUT2D eigenvalue weighted by atomic mass is 35.5. The van der Waals surface area contributed by atoms with E-state index < -0.39 is 0 Å². The van der Waals surface area contributed by atoms with E-state index in [0.29, 0.717) is 5.15 Å². The number of aliphatic hydroxyl groups excluding tert-OH is 1. The number of halogens is 1. The van der Waals surface area contributed by atoms with E-state index in [1.54, 1.807) is 12.4 Å². The topological polar surface area (TPSA) is 49.2 Å². The van der Waals surface area contributed by atoms with E-state index in [2.05, 4.69) is 21.8 Å². The molecule has 82 valence electrons. The third-order valence-electron chi connectivity index (χ3n) is 2.87. The molecule has 0 radical (unpaired) electrons. The Bertz CT molecular complexity index is 360. The van der Waals surface area contributed by atoms with Gasteiger partial charge in [-0.25, -0.2) is 9.97 Å². The highest BCUT2D eigenvalue weighted by molar-refractivity contribution is 6.31. The van der Waals surface area contributed by atoms with Gasteiger partial charge in [0, 0.05) is 30.9 Å². The zero-order valence-corrected chi connectivity index (χ0v) is 9.41. The molecule has 15 heavy (non-hydrogen) atoms. The second-order valence-corrected chi connectivity index (χ2v) is 4.67. The van der Waals surface area contributed by atoms with Gasteiger partial charge in [0.25, 0.3) is 0 Å². The molecule has 1 aliphatic rings. The van der Waals surface area contributed by atoms with Gasteiger partial charge in [-0.1, -0.05) is 18.5 Å². The van der Waals surface area contributed by atoms with Crippen molar-refractivity contribution >= 4 is 17.4 Å². The summed E-state index contributed by atoms with van der Waals surface area (Å²) < 4.78 is 0. The van der Waals surface area contributed by atoms with E-state index in [1.807, 2.05) is 0 Å². The van der Waals surface area contributed by atoms with Crippen LogP contribution >= 0.6 is 11.6 Å². The van der Waals surface area contributed by atoms with Gasteiger partial charge >= 0.3 is 0 Å². The lowest BCUT2D eigenvalue weighted by Crippen LogP contribution is -2.28. The van der Waals surface area contributed by atoms with Gasteiger partial charge in [-0.3, -0.25) is 0 Å². The quantitative estimate of drug-likeness (QED) is 0.829. The van der Waals surface area contributed by atoms with E-state index in [-0.39, 0.29) is 12.0 Å². The van der Waals surface area contributed by atoms with Crippen LogP contribution in [0.15, 0.2) is 12.4 Å². The molecule has 0 bridgehead atoms. The van der Waals surface area contributed by atoms with Crippen LogP contribution in [0, 0.1) is 5.41 Å². The van der Waals surface area contributed by atoms with E-state index in [9.17, 15) is 5.11 Å². The maximum Gasteiger partial charge on any atom is 0.171 e. The monoisotopic (exact) mass is 227 g/mol. The van der Waals surface area contributed by atoms with Crippen LogP contribution in [0.5, 0.6) is 0 Å². The lowest BCUT2D eigenvalue weighted by molar-refractivity contribution is 0.162. The van der Waals surface area contributed by atoms with Crippen molar-refractivity contribution < 1.29 is 5.11 Å². The van der Waals surface area contributed by atoms with Gasteiger partial charge in [-0.15, -0.1) is 0 Å². The second kappa shape index (κ2) is 3.94. The Labute approximate surface area is 93.9 Å². The SMILES string of the molecule is CC1(CO)CCN(c2nccnc2Cl)C1. The van der Waals surface area contributed by atoms with Crippen molar-refractivity contribution in [3.8, 4) is 0 Å². The van der Waals surface area contributed by atoms with E-state index in [0.717, 1.165) is 25.3 Å². The molecule has 2 heterocycles. The van der Waals surface area contributed by atoms with Crippen molar-refractivity contribution in [2.24, 2.45) is 5.41 Å². The molecule has 4 nitrogen and oxygen atoms in total. The highest BCUT2D eigenvalue weighted by Gasteiger charge is 2.34. The average molecular weight is 228 g/mol. The Morgan fingerprint density at radius 2 is 2.27 bits per heavy atom. The molecule has 1 atom stereocenters. The maximum absolute atomic E-state index is 9.26. The van der Waals surface area contributed by atoms with Gasteiger partial charge in [0.1, 0.15) is 0 Å². The Kier molecular flexibility index (Phi) is 2.80. The minimum absolute atomic E-state index is 0.0408. The van der Waals surface area contributed by atoms with Gasteiger partial charge in [0.15, 0.2) is 11.0 Å². The predicted molar refractivity (Wildman–Crippen MR) is 59.1 cm³/mol. The fourth-order valence-corrected chi connectivity index (χ4v) is 2.08. The molecule has 1 N–H and O–H groups in total. The first-order chi connectivity index (χ1) is 7.14. The van der Waals surface area contributed by atoms with Gasteiger partial charge in [-0.05, 0) is 6.42 Å². The number of hydrogen-bond acceptors (Lipinski definition) is 4. The molecule has 1 aromatic rings. The largest absolute Gasteiger partial charge is 0.396 e. The maximum atomic E-state index is 9.26. The average Bonchev–Trinajstić information content (AvgIpc) is 2.63. The molecule has 1 aromatic heterocycles. The molecule has 0 spiro atoms. The fourth-order valence-electron chi connectivity index (χ4n) is 1.86. The van der Waals surface area contributed by atoms with Crippen LogP contribution in [-0.4, -0.2) is 34.8 Å². The molecule has 1 aliphatic heterocycles. The van der Waals surface area contributed by atoms with Crippen LogP contribution in [0.2, 0.25) is 5.15 Å². The number of nitrogens with zero attached hydrogens (tertiary/aromatic N) is 3. The summed E-state index contributed by atoms with van der Waals surface area (Å²) in [6, 6.07) is 0. The summed E-state index contributed by atoms with van der Waals surface area (Å²) in [5, 5.41) is 9.69. The van der Waals surface area contributed by atoms with Gasteiger partial charge in [0.05, 0.1) is 6.61 Å². The molecule has 1 saturated heterocycles. The second-order valence-electron chi connectivity index (χ2n) is 4.31. The molecular weight excluding hydrogens is 214 g/mol. The number of rotatable bonds is 2. The molecule has 2 rings (SSSR count). The first kappa shape index (κ1) is 10.6. The molecule has 0 saturated carbocycles. The van der Waals surface area contributed by atoms with Crippen LogP contribution in [-0.2, 0) is 0 Å². The highest BCUT2D eigenvalue weighted by Crippen LogP contribution is 2.33. The Hall–Kier alpha value is -0.870. The summed E-state index contributed by atoms with van der Waals surface area (Å²) in [5.41, 5.74) is -0.0408. The predicted octanol–water partition coefficient (Wildman–Crippen LogP) is 1.34. The lowest BCUT2D eigenvalue weighted by Gasteiger charge is -2.22. The van der Waals surface area contributed by atoms with Crippen molar-refractivity contribution in [2.75, 3.05) is 24.6 Å². The minimum Gasteiger partial charge on any atom is -0.396 e. The van der Waals surface area contributed by atoms with Crippen LogP contribution in [0.3, 0.4) is 0 Å². The Morgan fingerprint density at radius 1 is 1.53 bits per heavy atom. The number of hydrogen-bond donors (Lipinski definition) is 1. The van der Waals surface area contributed by atoms with Gasteiger partial charge in [0.2, 0.25) is 0 Å². The van der Waals surface area contributed by atoms with Crippen molar-refractivity contribution in [2.45, 2.75) is 13.3 Å². The summed E-state index contributed by atoms with van der Waals surface area (Å²) in [6.45, 7) is 3.91. The minimum atomic E-state index is -0.0408. The van der Waals surface area contributed by atoms with E-state index in [1.165, 1.54) is 0 Å². The van der Waals surface area contributed by atoms with Crippen LogP contribution < -0.4 is 4.90 Å². The summed E-state index contributed by atoms with van der Waals surface area (Å²) in [4.78, 5) is 10.3. The lowest BCUT2D eigenvalue weighted by atomic mass is 9.91.